The second-order valence-electron chi connectivity index (χ2n) is 6.81. The molecule has 20 heavy (non-hydrogen) atoms. The number of hydrogen-bond acceptors (Lipinski definition) is 4. The Morgan fingerprint density at radius 3 is 2.80 bits per heavy atom. The van der Waals surface area contributed by atoms with E-state index in [0.29, 0.717) is 0 Å². The summed E-state index contributed by atoms with van der Waals surface area (Å²) in [4.78, 5) is 14.0. The number of amides is 1. The average Bonchev–Trinajstić information content (AvgIpc) is 2.97. The van der Waals surface area contributed by atoms with Crippen molar-refractivity contribution in [1.82, 2.24) is 19.9 Å². The van der Waals surface area contributed by atoms with Crippen LogP contribution >= 0.6 is 15.9 Å². The standard InChI is InChI=1S/C13H19BrN4O2/c1-12(2,3)20-11(19)17-5-4-13(7-17)6-9-10(14)15-16-18(9)8-13/h4-8H2,1-3H3. The number of rotatable bonds is 0. The summed E-state index contributed by atoms with van der Waals surface area (Å²) in [6.07, 6.45) is 1.69. The molecule has 110 valence electrons. The minimum Gasteiger partial charge on any atom is -0.444 e. The first kappa shape index (κ1) is 13.9. The van der Waals surface area contributed by atoms with Crippen LogP contribution in [0.3, 0.4) is 0 Å². The van der Waals surface area contributed by atoms with Gasteiger partial charge in [0.1, 0.15) is 5.60 Å². The van der Waals surface area contributed by atoms with Crippen LogP contribution in [-0.4, -0.2) is 44.7 Å². The van der Waals surface area contributed by atoms with Crippen LogP contribution in [0.15, 0.2) is 4.60 Å². The molecule has 0 aromatic carbocycles. The van der Waals surface area contributed by atoms with E-state index in [1.165, 1.54) is 0 Å². The maximum Gasteiger partial charge on any atom is 0.410 e. The predicted octanol–water partition coefficient (Wildman–Crippen LogP) is 2.22. The first-order valence-electron chi connectivity index (χ1n) is 6.84. The van der Waals surface area contributed by atoms with Gasteiger partial charge in [0.25, 0.3) is 0 Å². The van der Waals surface area contributed by atoms with Gasteiger partial charge in [0.2, 0.25) is 0 Å². The van der Waals surface area contributed by atoms with Gasteiger partial charge in [-0.25, -0.2) is 9.48 Å². The molecule has 1 fully saturated rings. The maximum atomic E-state index is 12.1. The molecule has 7 heteroatoms. The Morgan fingerprint density at radius 2 is 2.15 bits per heavy atom. The molecular weight excluding hydrogens is 324 g/mol. The quantitative estimate of drug-likeness (QED) is 0.725. The van der Waals surface area contributed by atoms with Crippen molar-refractivity contribution in [1.29, 1.82) is 0 Å². The third kappa shape index (κ3) is 2.43. The summed E-state index contributed by atoms with van der Waals surface area (Å²) >= 11 is 3.43. The van der Waals surface area contributed by atoms with Crippen LogP contribution in [0.2, 0.25) is 0 Å². The number of ether oxygens (including phenoxy) is 1. The molecule has 0 N–H and O–H groups in total. The highest BCUT2D eigenvalue weighted by molar-refractivity contribution is 9.10. The van der Waals surface area contributed by atoms with Crippen LogP contribution in [0.5, 0.6) is 0 Å². The van der Waals surface area contributed by atoms with E-state index in [4.69, 9.17) is 4.74 Å². The molecule has 2 aliphatic heterocycles. The van der Waals surface area contributed by atoms with Crippen molar-refractivity contribution in [3.8, 4) is 0 Å². The molecule has 0 radical (unpaired) electrons. The van der Waals surface area contributed by atoms with Crippen molar-refractivity contribution in [2.24, 2.45) is 5.41 Å². The van der Waals surface area contributed by atoms with Gasteiger partial charge in [-0.2, -0.15) is 0 Å². The van der Waals surface area contributed by atoms with Gasteiger partial charge in [0.05, 0.1) is 12.2 Å². The molecule has 1 saturated heterocycles. The Balaban J connectivity index is 1.68. The van der Waals surface area contributed by atoms with E-state index in [9.17, 15) is 4.79 Å². The second-order valence-corrected chi connectivity index (χ2v) is 7.56. The maximum absolute atomic E-state index is 12.1. The molecule has 2 aliphatic rings. The highest BCUT2D eigenvalue weighted by Crippen LogP contribution is 2.42. The van der Waals surface area contributed by atoms with Gasteiger partial charge in [-0.15, -0.1) is 5.10 Å². The Labute approximate surface area is 126 Å². The van der Waals surface area contributed by atoms with Crippen LogP contribution in [0.25, 0.3) is 0 Å². The summed E-state index contributed by atoms with van der Waals surface area (Å²) in [5.74, 6) is 0. The zero-order valence-corrected chi connectivity index (χ0v) is 13.6. The Bertz CT molecular complexity index is 551. The van der Waals surface area contributed by atoms with E-state index in [1.54, 1.807) is 0 Å². The minimum absolute atomic E-state index is 0.102. The highest BCUT2D eigenvalue weighted by atomic mass is 79.9. The number of carbonyl (C=O) groups is 1. The topological polar surface area (TPSA) is 60.2 Å². The lowest BCUT2D eigenvalue weighted by Crippen LogP contribution is -2.37. The molecule has 0 aliphatic carbocycles. The van der Waals surface area contributed by atoms with E-state index in [1.807, 2.05) is 30.4 Å². The van der Waals surface area contributed by atoms with Crippen molar-refractivity contribution in [3.05, 3.63) is 10.3 Å². The molecule has 1 unspecified atom stereocenters. The third-order valence-electron chi connectivity index (χ3n) is 3.91. The van der Waals surface area contributed by atoms with Gasteiger partial charge >= 0.3 is 6.09 Å². The van der Waals surface area contributed by atoms with Gasteiger partial charge in [0.15, 0.2) is 4.60 Å². The zero-order valence-electron chi connectivity index (χ0n) is 12.0. The van der Waals surface area contributed by atoms with Gasteiger partial charge in [0, 0.05) is 24.9 Å². The number of fused-ring (bicyclic) bond motifs is 1. The lowest BCUT2D eigenvalue weighted by Gasteiger charge is -2.26. The SMILES string of the molecule is CC(C)(C)OC(=O)N1CCC2(Cc3c(Br)nnn3C2)C1. The largest absolute Gasteiger partial charge is 0.444 e. The molecular formula is C13H19BrN4O2. The van der Waals surface area contributed by atoms with Crippen LogP contribution in [0.4, 0.5) is 4.79 Å². The van der Waals surface area contributed by atoms with Gasteiger partial charge in [-0.05, 0) is 43.1 Å². The average molecular weight is 343 g/mol. The number of carbonyl (C=O) groups excluding carboxylic acids is 1. The van der Waals surface area contributed by atoms with Crippen molar-refractivity contribution in [3.63, 3.8) is 0 Å². The fourth-order valence-corrected chi connectivity index (χ4v) is 3.44. The molecule has 0 bridgehead atoms. The summed E-state index contributed by atoms with van der Waals surface area (Å²) in [7, 11) is 0. The van der Waals surface area contributed by atoms with Gasteiger partial charge in [-0.1, -0.05) is 5.21 Å². The fourth-order valence-electron chi connectivity index (χ4n) is 3.02. The number of likely N-dealkylation sites (tertiary alicyclic amines) is 1. The normalized spacial score (nSPS) is 25.3. The molecule has 6 nitrogen and oxygen atoms in total. The fraction of sp³-hybridized carbons (Fsp3) is 0.769. The van der Waals surface area contributed by atoms with Crippen LogP contribution in [0, 0.1) is 5.41 Å². The summed E-state index contributed by atoms with van der Waals surface area (Å²) in [5.41, 5.74) is 0.795. The number of aromatic nitrogens is 3. The van der Waals surface area contributed by atoms with Crippen molar-refractivity contribution in [2.45, 2.75) is 45.8 Å². The van der Waals surface area contributed by atoms with E-state index in [2.05, 4.69) is 26.2 Å². The second kappa shape index (κ2) is 4.44. The van der Waals surface area contributed by atoms with E-state index < -0.39 is 5.60 Å². The first-order chi connectivity index (χ1) is 9.28. The summed E-state index contributed by atoms with van der Waals surface area (Å²) in [6, 6.07) is 0. The summed E-state index contributed by atoms with van der Waals surface area (Å²) < 4.78 is 8.22. The predicted molar refractivity (Wildman–Crippen MR) is 76.3 cm³/mol. The molecule has 1 aromatic rings. The van der Waals surface area contributed by atoms with Crippen molar-refractivity contribution < 1.29 is 9.53 Å². The molecule has 3 heterocycles. The Hall–Kier alpha value is -1.11. The minimum atomic E-state index is -0.442. The zero-order chi connectivity index (χ0) is 14.5. The smallest absolute Gasteiger partial charge is 0.410 e. The first-order valence-corrected chi connectivity index (χ1v) is 7.63. The van der Waals surface area contributed by atoms with Crippen LogP contribution < -0.4 is 0 Å². The third-order valence-corrected chi connectivity index (χ3v) is 4.52. The van der Waals surface area contributed by atoms with Crippen LogP contribution in [0.1, 0.15) is 32.9 Å². The molecule has 1 atom stereocenters. The molecule has 1 spiro atoms. The lowest BCUT2D eigenvalue weighted by molar-refractivity contribution is 0.0272. The van der Waals surface area contributed by atoms with Crippen molar-refractivity contribution >= 4 is 22.0 Å². The molecule has 1 aromatic heterocycles. The Kier molecular flexibility index (Phi) is 3.08. The molecule has 1 amide bonds. The molecule has 3 rings (SSSR count). The monoisotopic (exact) mass is 342 g/mol. The number of nitrogens with zero attached hydrogens (tertiary/aromatic N) is 4. The van der Waals surface area contributed by atoms with Crippen molar-refractivity contribution in [2.75, 3.05) is 13.1 Å². The lowest BCUT2D eigenvalue weighted by atomic mass is 9.85. The number of hydrogen-bond donors (Lipinski definition) is 0. The van der Waals surface area contributed by atoms with Crippen LogP contribution in [-0.2, 0) is 17.7 Å². The van der Waals surface area contributed by atoms with E-state index in [0.717, 1.165) is 42.8 Å². The van der Waals surface area contributed by atoms with E-state index in [-0.39, 0.29) is 11.5 Å². The number of halogens is 1. The van der Waals surface area contributed by atoms with E-state index >= 15 is 0 Å². The highest BCUT2D eigenvalue weighted by Gasteiger charge is 2.46. The van der Waals surface area contributed by atoms with Gasteiger partial charge in [-0.3, -0.25) is 0 Å². The summed E-state index contributed by atoms with van der Waals surface area (Å²) in [5, 5.41) is 8.15. The van der Waals surface area contributed by atoms with Gasteiger partial charge < -0.3 is 9.64 Å². The molecule has 0 saturated carbocycles. The Morgan fingerprint density at radius 1 is 1.40 bits per heavy atom. The summed E-state index contributed by atoms with van der Waals surface area (Å²) in [6.45, 7) is 8.00.